The van der Waals surface area contributed by atoms with Gasteiger partial charge in [-0.1, -0.05) is 65.0 Å². The number of hydrogen-bond acceptors (Lipinski definition) is 6. The van der Waals surface area contributed by atoms with Crippen LogP contribution in [0.1, 0.15) is 0 Å². The fourth-order valence-electron chi connectivity index (χ4n) is 3.76. The molecule has 8 nitrogen and oxygen atoms in total. The Kier molecular flexibility index (Phi) is 8.20. The largest absolute Gasteiger partial charge is 0.491 e. The minimum Gasteiger partial charge on any atom is -0.423 e. The zero-order chi connectivity index (χ0) is 28.1. The summed E-state index contributed by atoms with van der Waals surface area (Å²) in [5, 5.41) is 34.1. The minimum atomic E-state index is -1.83. The average molecular weight is 601 g/mol. The average Bonchev–Trinajstić information content (AvgIpc) is 3.67. The van der Waals surface area contributed by atoms with Crippen molar-refractivity contribution in [3.05, 3.63) is 126 Å². The van der Waals surface area contributed by atoms with E-state index in [1.165, 1.54) is 18.2 Å². The predicted molar refractivity (Wildman–Crippen MR) is 151 cm³/mol. The molecule has 0 fully saturated rings. The van der Waals surface area contributed by atoms with Crippen LogP contribution in [0.4, 0.5) is 8.78 Å². The van der Waals surface area contributed by atoms with E-state index in [-0.39, 0.29) is 11.3 Å². The van der Waals surface area contributed by atoms with E-state index in [0.717, 1.165) is 11.4 Å². The maximum Gasteiger partial charge on any atom is 0.491 e. The maximum absolute atomic E-state index is 13.7. The minimum absolute atomic E-state index is 0.172. The van der Waals surface area contributed by atoms with Crippen molar-refractivity contribution in [2.24, 2.45) is 0 Å². The van der Waals surface area contributed by atoms with Gasteiger partial charge in [0.15, 0.2) is 0 Å². The first-order valence-electron chi connectivity index (χ1n) is 12.0. The van der Waals surface area contributed by atoms with Crippen LogP contribution in [0.15, 0.2) is 114 Å². The van der Waals surface area contributed by atoms with E-state index < -0.39 is 12.9 Å². The first kappa shape index (κ1) is 27.1. The standard InChI is InChI=1S/C14H11BFN3O2.C14H9BrFN3/c16-13-8-10(6-7-12(13)15(20)21)14-9-19(18-17-14)11-4-2-1-3-5-11;15-12-7-6-10(8-13(12)16)14-9-19(18-17-14)11-4-2-1-3-5-11/h1-9,20-21H;1-9H. The van der Waals surface area contributed by atoms with E-state index in [9.17, 15) is 8.78 Å². The Hall–Kier alpha value is -4.52. The molecule has 0 unspecified atom stereocenters. The Morgan fingerprint density at radius 2 is 1.10 bits per heavy atom. The third kappa shape index (κ3) is 6.20. The highest BCUT2D eigenvalue weighted by Crippen LogP contribution is 2.23. The number of para-hydroxylation sites is 2. The lowest BCUT2D eigenvalue weighted by atomic mass is 9.79. The Morgan fingerprint density at radius 1 is 0.625 bits per heavy atom. The Morgan fingerprint density at radius 3 is 1.55 bits per heavy atom. The first-order valence-corrected chi connectivity index (χ1v) is 12.8. The van der Waals surface area contributed by atoms with Crippen LogP contribution >= 0.6 is 15.9 Å². The highest BCUT2D eigenvalue weighted by Gasteiger charge is 2.17. The molecule has 6 rings (SSSR count). The molecular weight excluding hydrogens is 581 g/mol. The molecule has 2 aromatic heterocycles. The zero-order valence-corrected chi connectivity index (χ0v) is 22.3. The van der Waals surface area contributed by atoms with Gasteiger partial charge in [-0.3, -0.25) is 0 Å². The summed E-state index contributed by atoms with van der Waals surface area (Å²) in [6, 6.07) is 28.1. The van der Waals surface area contributed by atoms with Crippen molar-refractivity contribution in [2.75, 3.05) is 0 Å². The fraction of sp³-hybridized carbons (Fsp3) is 0. The second kappa shape index (κ2) is 12.1. The second-order valence-corrected chi connectivity index (χ2v) is 9.36. The summed E-state index contributed by atoms with van der Waals surface area (Å²) < 4.78 is 30.9. The van der Waals surface area contributed by atoms with Crippen molar-refractivity contribution in [1.29, 1.82) is 0 Å². The van der Waals surface area contributed by atoms with E-state index in [0.29, 0.717) is 27.0 Å². The van der Waals surface area contributed by atoms with Crippen molar-refractivity contribution < 1.29 is 18.8 Å². The lowest BCUT2D eigenvalue weighted by molar-refractivity contribution is 0.423. The van der Waals surface area contributed by atoms with Crippen molar-refractivity contribution >= 4 is 28.5 Å². The molecule has 0 saturated carbocycles. The second-order valence-electron chi connectivity index (χ2n) is 8.51. The SMILES string of the molecule is Fc1cc(-c2cn(-c3ccccc3)nn2)ccc1Br.OB(O)c1ccc(-c2cn(-c3ccccc3)nn2)cc1F. The van der Waals surface area contributed by atoms with Gasteiger partial charge in [0.25, 0.3) is 0 Å². The molecule has 0 aliphatic rings. The van der Waals surface area contributed by atoms with Gasteiger partial charge >= 0.3 is 7.12 Å². The third-order valence-electron chi connectivity index (χ3n) is 5.82. The molecule has 40 heavy (non-hydrogen) atoms. The molecule has 198 valence electrons. The monoisotopic (exact) mass is 600 g/mol. The smallest absolute Gasteiger partial charge is 0.423 e. The topological polar surface area (TPSA) is 102 Å². The Balaban J connectivity index is 0.000000162. The van der Waals surface area contributed by atoms with Gasteiger partial charge in [0.2, 0.25) is 0 Å². The van der Waals surface area contributed by atoms with Gasteiger partial charge in [-0.2, -0.15) is 0 Å². The van der Waals surface area contributed by atoms with Crippen molar-refractivity contribution in [1.82, 2.24) is 30.0 Å². The number of hydrogen-bond donors (Lipinski definition) is 2. The number of nitrogens with zero attached hydrogens (tertiary/aromatic N) is 6. The van der Waals surface area contributed by atoms with Crippen LogP contribution in [-0.2, 0) is 0 Å². The van der Waals surface area contributed by atoms with Crippen LogP contribution in [0.5, 0.6) is 0 Å². The molecule has 0 atom stereocenters. The zero-order valence-electron chi connectivity index (χ0n) is 20.7. The molecule has 0 saturated heterocycles. The van der Waals surface area contributed by atoms with E-state index in [2.05, 4.69) is 36.6 Å². The number of benzene rings is 4. The molecular formula is C28H20BBrF2N6O2. The number of halogens is 3. The van der Waals surface area contributed by atoms with Gasteiger partial charge in [-0.15, -0.1) is 10.2 Å². The van der Waals surface area contributed by atoms with E-state index in [4.69, 9.17) is 10.0 Å². The summed E-state index contributed by atoms with van der Waals surface area (Å²) in [6.45, 7) is 0. The number of aromatic nitrogens is 6. The molecule has 2 N–H and O–H groups in total. The molecule has 0 spiro atoms. The highest BCUT2D eigenvalue weighted by molar-refractivity contribution is 9.10. The van der Waals surface area contributed by atoms with E-state index >= 15 is 0 Å². The molecule has 4 aromatic carbocycles. The van der Waals surface area contributed by atoms with Gasteiger partial charge in [-0.05, 0) is 58.4 Å². The van der Waals surface area contributed by atoms with E-state index in [1.54, 1.807) is 40.0 Å². The van der Waals surface area contributed by atoms with Gasteiger partial charge in [-0.25, -0.2) is 18.1 Å². The van der Waals surface area contributed by atoms with Crippen LogP contribution in [-0.4, -0.2) is 47.2 Å². The molecule has 0 radical (unpaired) electrons. The molecule has 2 heterocycles. The molecule has 0 aliphatic carbocycles. The number of rotatable bonds is 5. The van der Waals surface area contributed by atoms with Crippen LogP contribution in [0.25, 0.3) is 33.9 Å². The molecule has 0 bridgehead atoms. The quantitative estimate of drug-likeness (QED) is 0.281. The highest BCUT2D eigenvalue weighted by atomic mass is 79.9. The Bertz CT molecular complexity index is 1730. The Labute approximate surface area is 236 Å². The lowest BCUT2D eigenvalue weighted by Gasteiger charge is -2.03. The molecule has 0 amide bonds. The van der Waals surface area contributed by atoms with Crippen molar-refractivity contribution in [3.8, 4) is 33.9 Å². The van der Waals surface area contributed by atoms with Gasteiger partial charge in [0.05, 0.1) is 28.2 Å². The van der Waals surface area contributed by atoms with Crippen LogP contribution in [0.3, 0.4) is 0 Å². The summed E-state index contributed by atoms with van der Waals surface area (Å²) in [7, 11) is -1.83. The predicted octanol–water partition coefficient (Wildman–Crippen LogP) is 4.59. The van der Waals surface area contributed by atoms with Crippen molar-refractivity contribution in [3.63, 3.8) is 0 Å². The first-order chi connectivity index (χ1) is 19.4. The lowest BCUT2D eigenvalue weighted by Crippen LogP contribution is -2.32. The van der Waals surface area contributed by atoms with Crippen LogP contribution in [0.2, 0.25) is 0 Å². The van der Waals surface area contributed by atoms with Gasteiger partial charge < -0.3 is 10.0 Å². The van der Waals surface area contributed by atoms with Crippen LogP contribution < -0.4 is 5.46 Å². The van der Waals surface area contributed by atoms with Crippen molar-refractivity contribution in [2.45, 2.75) is 0 Å². The van der Waals surface area contributed by atoms with Gasteiger partial charge in [0.1, 0.15) is 23.0 Å². The third-order valence-corrected chi connectivity index (χ3v) is 6.46. The summed E-state index contributed by atoms with van der Waals surface area (Å²) >= 11 is 3.13. The maximum atomic E-state index is 13.7. The molecule has 12 heteroatoms. The molecule has 0 aliphatic heterocycles. The summed E-state index contributed by atoms with van der Waals surface area (Å²) in [6.07, 6.45) is 3.46. The summed E-state index contributed by atoms with van der Waals surface area (Å²) in [5.41, 5.74) is 3.93. The van der Waals surface area contributed by atoms with Gasteiger partial charge in [0, 0.05) is 16.6 Å². The molecule has 6 aromatic rings. The fourth-order valence-corrected chi connectivity index (χ4v) is 4.00. The summed E-state index contributed by atoms with van der Waals surface area (Å²) in [5.74, 6) is -1.01. The summed E-state index contributed by atoms with van der Waals surface area (Å²) in [4.78, 5) is 0. The normalized spacial score (nSPS) is 10.6. The van der Waals surface area contributed by atoms with E-state index in [1.807, 2.05) is 60.7 Å². The van der Waals surface area contributed by atoms with Crippen LogP contribution in [0, 0.1) is 11.6 Å².